The lowest BCUT2D eigenvalue weighted by Crippen LogP contribution is -2.16. The van der Waals surface area contributed by atoms with Gasteiger partial charge in [0.05, 0.1) is 13.2 Å². The fraction of sp³-hybridized carbons (Fsp3) is 0.545. The van der Waals surface area contributed by atoms with E-state index in [1.54, 1.807) is 6.20 Å². The van der Waals surface area contributed by atoms with Crippen LogP contribution in [0.4, 0.5) is 0 Å². The van der Waals surface area contributed by atoms with Gasteiger partial charge in [0.15, 0.2) is 0 Å². The molecule has 2 rings (SSSR count). The Labute approximate surface area is 84.1 Å². The molecule has 0 amide bonds. The second kappa shape index (κ2) is 4.42. The van der Waals surface area contributed by atoms with Crippen LogP contribution in [0.1, 0.15) is 18.9 Å². The van der Waals surface area contributed by atoms with Crippen LogP contribution >= 0.6 is 0 Å². The normalized spacial score (nSPS) is 21.1. The lowest BCUT2D eigenvalue weighted by molar-refractivity contribution is 0.138. The van der Waals surface area contributed by atoms with Gasteiger partial charge in [-0.25, -0.2) is 4.98 Å². The Morgan fingerprint density at radius 1 is 1.64 bits per heavy atom. The first kappa shape index (κ1) is 9.46. The molecule has 1 unspecified atom stereocenters. The number of ether oxygens (including phenoxy) is 2. The van der Waals surface area contributed by atoms with E-state index in [0.717, 1.165) is 25.3 Å². The van der Waals surface area contributed by atoms with Gasteiger partial charge < -0.3 is 9.47 Å². The topological polar surface area (TPSA) is 31.4 Å². The quantitative estimate of drug-likeness (QED) is 0.733. The van der Waals surface area contributed by atoms with Crippen LogP contribution in [0.5, 0.6) is 5.88 Å². The molecule has 1 saturated heterocycles. The molecule has 0 aromatic carbocycles. The third kappa shape index (κ3) is 2.23. The minimum absolute atomic E-state index is 0.189. The average molecular weight is 193 g/mol. The highest BCUT2D eigenvalue weighted by Gasteiger charge is 2.17. The van der Waals surface area contributed by atoms with Gasteiger partial charge in [0, 0.05) is 18.7 Å². The maximum absolute atomic E-state index is 5.68. The summed E-state index contributed by atoms with van der Waals surface area (Å²) in [7, 11) is 0. The number of hydrogen-bond donors (Lipinski definition) is 0. The van der Waals surface area contributed by atoms with Crippen molar-refractivity contribution in [3.63, 3.8) is 0 Å². The summed E-state index contributed by atoms with van der Waals surface area (Å²) in [4.78, 5) is 4.17. The summed E-state index contributed by atoms with van der Waals surface area (Å²) in [6, 6.07) is 4.01. The van der Waals surface area contributed by atoms with Crippen LogP contribution in [0.2, 0.25) is 0 Å². The molecule has 1 aromatic heterocycles. The van der Waals surface area contributed by atoms with E-state index in [9.17, 15) is 0 Å². The zero-order valence-electron chi connectivity index (χ0n) is 8.40. The molecule has 0 aliphatic carbocycles. The van der Waals surface area contributed by atoms with Crippen molar-refractivity contribution < 1.29 is 9.47 Å². The molecule has 1 aliphatic heterocycles. The van der Waals surface area contributed by atoms with E-state index in [0.29, 0.717) is 6.61 Å². The lowest BCUT2D eigenvalue weighted by atomic mass is 10.2. The van der Waals surface area contributed by atoms with Gasteiger partial charge in [0.1, 0.15) is 6.10 Å². The van der Waals surface area contributed by atoms with Crippen LogP contribution in [-0.4, -0.2) is 24.3 Å². The molecule has 3 heteroatoms. The average Bonchev–Trinajstić information content (AvgIpc) is 2.71. The van der Waals surface area contributed by atoms with Crippen LogP contribution in [0.3, 0.4) is 0 Å². The van der Waals surface area contributed by atoms with Gasteiger partial charge in [0.25, 0.3) is 0 Å². The van der Waals surface area contributed by atoms with Crippen molar-refractivity contribution in [3.05, 3.63) is 23.9 Å². The monoisotopic (exact) mass is 193 g/mol. The molecule has 14 heavy (non-hydrogen) atoms. The predicted molar refractivity (Wildman–Crippen MR) is 53.5 cm³/mol. The molecule has 0 spiro atoms. The van der Waals surface area contributed by atoms with Crippen molar-refractivity contribution in [1.29, 1.82) is 0 Å². The highest BCUT2D eigenvalue weighted by atomic mass is 16.5. The fourth-order valence-corrected chi connectivity index (χ4v) is 1.51. The molecule has 1 aromatic rings. The van der Waals surface area contributed by atoms with Crippen molar-refractivity contribution in [2.75, 3.05) is 13.2 Å². The maximum Gasteiger partial charge on any atom is 0.213 e. The van der Waals surface area contributed by atoms with Crippen molar-refractivity contribution in [2.24, 2.45) is 0 Å². The van der Waals surface area contributed by atoms with Crippen LogP contribution in [0.25, 0.3) is 0 Å². The molecule has 0 radical (unpaired) electrons. The molecular formula is C11H15NO2. The van der Waals surface area contributed by atoms with Crippen LogP contribution in [-0.2, 0) is 11.2 Å². The second-order valence-electron chi connectivity index (χ2n) is 3.46. The Bertz CT molecular complexity index is 295. The number of rotatable bonds is 3. The molecule has 1 aliphatic rings. The minimum atomic E-state index is 0.189. The maximum atomic E-state index is 5.68. The van der Waals surface area contributed by atoms with Gasteiger partial charge >= 0.3 is 0 Å². The number of hydrogen-bond acceptors (Lipinski definition) is 3. The summed E-state index contributed by atoms with van der Waals surface area (Å²) in [6.45, 7) is 3.62. The standard InChI is InChI=1S/C11H15NO2/c1-2-9-3-5-12-11(7-9)14-10-4-6-13-8-10/h3,5,7,10H,2,4,6,8H2,1H3. The van der Waals surface area contributed by atoms with Gasteiger partial charge in [-0.3, -0.25) is 0 Å². The summed E-state index contributed by atoms with van der Waals surface area (Å²) in [5, 5.41) is 0. The second-order valence-corrected chi connectivity index (χ2v) is 3.46. The minimum Gasteiger partial charge on any atom is -0.472 e. The van der Waals surface area contributed by atoms with E-state index in [4.69, 9.17) is 9.47 Å². The summed E-state index contributed by atoms with van der Waals surface area (Å²) >= 11 is 0. The molecule has 0 saturated carbocycles. The lowest BCUT2D eigenvalue weighted by Gasteiger charge is -2.10. The van der Waals surface area contributed by atoms with Gasteiger partial charge in [-0.05, 0) is 18.1 Å². The third-order valence-corrected chi connectivity index (χ3v) is 2.38. The molecule has 0 bridgehead atoms. The predicted octanol–water partition coefficient (Wildman–Crippen LogP) is 1.81. The Hall–Kier alpha value is -1.09. The van der Waals surface area contributed by atoms with E-state index in [1.165, 1.54) is 5.56 Å². The van der Waals surface area contributed by atoms with Gasteiger partial charge in [-0.1, -0.05) is 6.92 Å². The third-order valence-electron chi connectivity index (χ3n) is 2.38. The summed E-state index contributed by atoms with van der Waals surface area (Å²) < 4.78 is 10.9. The van der Waals surface area contributed by atoms with E-state index in [-0.39, 0.29) is 6.10 Å². The molecule has 1 atom stereocenters. The summed E-state index contributed by atoms with van der Waals surface area (Å²) in [6.07, 6.45) is 3.97. The van der Waals surface area contributed by atoms with Gasteiger partial charge in [-0.15, -0.1) is 0 Å². The highest BCUT2D eigenvalue weighted by molar-refractivity contribution is 5.20. The number of nitrogens with zero attached hydrogens (tertiary/aromatic N) is 1. The zero-order chi connectivity index (χ0) is 9.80. The van der Waals surface area contributed by atoms with Crippen molar-refractivity contribution >= 4 is 0 Å². The Morgan fingerprint density at radius 2 is 2.57 bits per heavy atom. The van der Waals surface area contributed by atoms with E-state index in [1.807, 2.05) is 12.1 Å². The van der Waals surface area contributed by atoms with E-state index < -0.39 is 0 Å². The van der Waals surface area contributed by atoms with Crippen LogP contribution in [0, 0.1) is 0 Å². The molecular weight excluding hydrogens is 178 g/mol. The summed E-state index contributed by atoms with van der Waals surface area (Å²) in [5.74, 6) is 0.722. The van der Waals surface area contributed by atoms with Gasteiger partial charge in [-0.2, -0.15) is 0 Å². The number of pyridine rings is 1. The SMILES string of the molecule is CCc1ccnc(OC2CCOC2)c1. The van der Waals surface area contributed by atoms with Crippen molar-refractivity contribution in [2.45, 2.75) is 25.9 Å². The zero-order valence-corrected chi connectivity index (χ0v) is 8.40. The van der Waals surface area contributed by atoms with Gasteiger partial charge in [0.2, 0.25) is 5.88 Å². The molecule has 0 N–H and O–H groups in total. The molecule has 1 fully saturated rings. The molecule has 3 nitrogen and oxygen atoms in total. The van der Waals surface area contributed by atoms with Crippen molar-refractivity contribution in [1.82, 2.24) is 4.98 Å². The fourth-order valence-electron chi connectivity index (χ4n) is 1.51. The van der Waals surface area contributed by atoms with E-state index in [2.05, 4.69) is 11.9 Å². The first-order chi connectivity index (χ1) is 6.88. The highest BCUT2D eigenvalue weighted by Crippen LogP contribution is 2.15. The first-order valence-corrected chi connectivity index (χ1v) is 5.08. The van der Waals surface area contributed by atoms with Crippen molar-refractivity contribution in [3.8, 4) is 5.88 Å². The molecule has 2 heterocycles. The van der Waals surface area contributed by atoms with Crippen LogP contribution in [0.15, 0.2) is 18.3 Å². The first-order valence-electron chi connectivity index (χ1n) is 5.08. The Kier molecular flexibility index (Phi) is 2.99. The molecule has 76 valence electrons. The number of aryl methyl sites for hydroxylation is 1. The Balaban J connectivity index is 2.00. The Morgan fingerprint density at radius 3 is 3.29 bits per heavy atom. The van der Waals surface area contributed by atoms with Crippen LogP contribution < -0.4 is 4.74 Å². The summed E-state index contributed by atoms with van der Waals surface area (Å²) in [5.41, 5.74) is 1.26. The van der Waals surface area contributed by atoms with E-state index >= 15 is 0 Å². The smallest absolute Gasteiger partial charge is 0.213 e. The largest absolute Gasteiger partial charge is 0.472 e. The number of aromatic nitrogens is 1.